The van der Waals surface area contributed by atoms with Crippen LogP contribution in [0.2, 0.25) is 0 Å². The maximum absolute atomic E-state index is 12.9. The third kappa shape index (κ3) is 3.98. The van der Waals surface area contributed by atoms with E-state index in [2.05, 4.69) is 22.1 Å². The van der Waals surface area contributed by atoms with Gasteiger partial charge in [-0.2, -0.15) is 0 Å². The lowest BCUT2D eigenvalue weighted by atomic mass is 10.1. The van der Waals surface area contributed by atoms with Gasteiger partial charge in [0, 0.05) is 12.6 Å². The minimum atomic E-state index is -0.399. The Kier molecular flexibility index (Phi) is 5.11. The molecule has 2 heterocycles. The molecule has 0 saturated heterocycles. The summed E-state index contributed by atoms with van der Waals surface area (Å²) in [6.07, 6.45) is 5.48. The molecule has 4 rings (SSSR count). The van der Waals surface area contributed by atoms with Crippen molar-refractivity contribution in [3.05, 3.63) is 66.9 Å². The summed E-state index contributed by atoms with van der Waals surface area (Å²) in [5.41, 5.74) is 0.938. The SMILES string of the molecule is C=CCn1c(SC(C(=O)NC2CC2)c2ccccc2)nnc1-c1ccco1. The summed E-state index contributed by atoms with van der Waals surface area (Å²) in [5, 5.41) is 12.0. The summed E-state index contributed by atoms with van der Waals surface area (Å²) in [4.78, 5) is 12.9. The van der Waals surface area contributed by atoms with Crippen LogP contribution in [0.1, 0.15) is 23.7 Å². The molecule has 1 N–H and O–H groups in total. The second-order valence-electron chi connectivity index (χ2n) is 6.37. The lowest BCUT2D eigenvalue weighted by Crippen LogP contribution is -2.30. The van der Waals surface area contributed by atoms with Gasteiger partial charge in [0.2, 0.25) is 11.7 Å². The van der Waals surface area contributed by atoms with Gasteiger partial charge in [0.05, 0.1) is 6.26 Å². The third-order valence-corrected chi connectivity index (χ3v) is 5.49. The number of hydrogen-bond donors (Lipinski definition) is 1. The number of furan rings is 1. The Balaban J connectivity index is 1.66. The zero-order valence-electron chi connectivity index (χ0n) is 14.7. The van der Waals surface area contributed by atoms with Crippen LogP contribution in [-0.2, 0) is 11.3 Å². The Morgan fingerprint density at radius 3 is 2.78 bits per heavy atom. The van der Waals surface area contributed by atoms with Crippen LogP contribution >= 0.6 is 11.8 Å². The average Bonchev–Trinajstić information content (AvgIpc) is 3.18. The molecule has 0 spiro atoms. The van der Waals surface area contributed by atoms with Gasteiger partial charge >= 0.3 is 0 Å². The molecule has 1 unspecified atom stereocenters. The maximum Gasteiger partial charge on any atom is 0.238 e. The predicted octanol–water partition coefficient (Wildman–Crippen LogP) is 3.84. The highest BCUT2D eigenvalue weighted by molar-refractivity contribution is 8.00. The molecule has 7 heteroatoms. The van der Waals surface area contributed by atoms with Crippen LogP contribution < -0.4 is 5.32 Å². The molecule has 1 amide bonds. The first-order valence-corrected chi connectivity index (χ1v) is 9.74. The number of carbonyl (C=O) groups is 1. The van der Waals surface area contributed by atoms with Gasteiger partial charge in [-0.05, 0) is 30.5 Å². The quantitative estimate of drug-likeness (QED) is 0.475. The van der Waals surface area contributed by atoms with E-state index in [-0.39, 0.29) is 5.91 Å². The summed E-state index contributed by atoms with van der Waals surface area (Å²) in [7, 11) is 0. The van der Waals surface area contributed by atoms with Crippen molar-refractivity contribution in [2.75, 3.05) is 0 Å². The van der Waals surface area contributed by atoms with E-state index in [0.717, 1.165) is 18.4 Å². The maximum atomic E-state index is 12.9. The van der Waals surface area contributed by atoms with Crippen molar-refractivity contribution >= 4 is 17.7 Å². The Hall–Kier alpha value is -2.80. The van der Waals surface area contributed by atoms with Crippen LogP contribution in [0.25, 0.3) is 11.6 Å². The molecule has 27 heavy (non-hydrogen) atoms. The fourth-order valence-corrected chi connectivity index (χ4v) is 3.82. The summed E-state index contributed by atoms with van der Waals surface area (Å²) < 4.78 is 7.39. The van der Waals surface area contributed by atoms with Crippen molar-refractivity contribution in [1.29, 1.82) is 0 Å². The molecule has 138 valence electrons. The van der Waals surface area contributed by atoms with Crippen molar-refractivity contribution in [2.24, 2.45) is 0 Å². The summed E-state index contributed by atoms with van der Waals surface area (Å²) in [5.74, 6) is 1.26. The van der Waals surface area contributed by atoms with Crippen molar-refractivity contribution in [3.63, 3.8) is 0 Å². The molecule has 3 aromatic rings. The van der Waals surface area contributed by atoms with E-state index < -0.39 is 5.25 Å². The van der Waals surface area contributed by atoms with Crippen molar-refractivity contribution in [3.8, 4) is 11.6 Å². The Labute approximate surface area is 161 Å². The fraction of sp³-hybridized carbons (Fsp3) is 0.250. The van der Waals surface area contributed by atoms with Gasteiger partial charge < -0.3 is 9.73 Å². The highest BCUT2D eigenvalue weighted by atomic mass is 32.2. The molecule has 2 aromatic heterocycles. The zero-order valence-corrected chi connectivity index (χ0v) is 15.6. The van der Waals surface area contributed by atoms with Gasteiger partial charge in [0.15, 0.2) is 10.9 Å². The molecule has 1 atom stereocenters. The molecule has 0 radical (unpaired) electrons. The number of aromatic nitrogens is 3. The van der Waals surface area contributed by atoms with E-state index in [1.54, 1.807) is 12.3 Å². The minimum absolute atomic E-state index is 0.00130. The molecule has 1 aliphatic carbocycles. The van der Waals surface area contributed by atoms with Crippen LogP contribution in [0.4, 0.5) is 0 Å². The van der Waals surface area contributed by atoms with E-state index in [0.29, 0.717) is 29.3 Å². The summed E-state index contributed by atoms with van der Waals surface area (Å²) in [6.45, 7) is 4.35. The molecule has 0 aliphatic heterocycles. The van der Waals surface area contributed by atoms with Crippen LogP contribution in [0.15, 0.2) is 71.0 Å². The van der Waals surface area contributed by atoms with Crippen molar-refractivity contribution in [2.45, 2.75) is 35.8 Å². The monoisotopic (exact) mass is 380 g/mol. The normalized spacial score (nSPS) is 14.7. The van der Waals surface area contributed by atoms with Gasteiger partial charge in [-0.15, -0.1) is 16.8 Å². The second-order valence-corrected chi connectivity index (χ2v) is 7.45. The molecular formula is C20H20N4O2S. The number of allylic oxidation sites excluding steroid dienone is 1. The molecule has 0 bridgehead atoms. The Morgan fingerprint density at radius 2 is 2.11 bits per heavy atom. The lowest BCUT2D eigenvalue weighted by molar-refractivity contribution is -0.120. The van der Waals surface area contributed by atoms with Crippen LogP contribution in [0, 0.1) is 0 Å². The van der Waals surface area contributed by atoms with E-state index in [1.807, 2.05) is 47.0 Å². The first-order valence-electron chi connectivity index (χ1n) is 8.86. The minimum Gasteiger partial charge on any atom is -0.461 e. The van der Waals surface area contributed by atoms with Gasteiger partial charge in [0.25, 0.3) is 0 Å². The Morgan fingerprint density at radius 1 is 1.30 bits per heavy atom. The lowest BCUT2D eigenvalue weighted by Gasteiger charge is -2.17. The van der Waals surface area contributed by atoms with Gasteiger partial charge in [-0.1, -0.05) is 48.2 Å². The van der Waals surface area contributed by atoms with Crippen molar-refractivity contribution < 1.29 is 9.21 Å². The van der Waals surface area contributed by atoms with E-state index in [1.165, 1.54) is 11.8 Å². The summed E-state index contributed by atoms with van der Waals surface area (Å²) >= 11 is 1.39. The zero-order chi connectivity index (χ0) is 18.6. The smallest absolute Gasteiger partial charge is 0.238 e. The first kappa shape index (κ1) is 17.6. The van der Waals surface area contributed by atoms with Crippen LogP contribution in [0.3, 0.4) is 0 Å². The average molecular weight is 380 g/mol. The molecule has 1 aliphatic rings. The first-order chi connectivity index (χ1) is 13.3. The predicted molar refractivity (Wildman–Crippen MR) is 104 cm³/mol. The van der Waals surface area contributed by atoms with Crippen LogP contribution in [-0.4, -0.2) is 26.7 Å². The number of nitrogens with one attached hydrogen (secondary N) is 1. The number of benzene rings is 1. The molecule has 1 saturated carbocycles. The third-order valence-electron chi connectivity index (χ3n) is 4.26. The van der Waals surface area contributed by atoms with E-state index >= 15 is 0 Å². The molecule has 1 aromatic carbocycles. The van der Waals surface area contributed by atoms with Gasteiger partial charge in [-0.25, -0.2) is 0 Å². The van der Waals surface area contributed by atoms with Crippen LogP contribution in [0.5, 0.6) is 0 Å². The highest BCUT2D eigenvalue weighted by Gasteiger charge is 2.30. The Bertz CT molecular complexity index is 917. The largest absolute Gasteiger partial charge is 0.461 e. The number of amides is 1. The summed E-state index contributed by atoms with van der Waals surface area (Å²) in [6, 6.07) is 13.7. The fourth-order valence-electron chi connectivity index (χ4n) is 2.77. The van der Waals surface area contributed by atoms with Gasteiger partial charge in [-0.3, -0.25) is 9.36 Å². The molecule has 1 fully saturated rings. The number of hydrogen-bond acceptors (Lipinski definition) is 5. The molecule has 6 nitrogen and oxygen atoms in total. The van der Waals surface area contributed by atoms with Crippen molar-refractivity contribution in [1.82, 2.24) is 20.1 Å². The second kappa shape index (κ2) is 7.84. The molecular weight excluding hydrogens is 360 g/mol. The number of rotatable bonds is 8. The van der Waals surface area contributed by atoms with E-state index in [4.69, 9.17) is 4.42 Å². The van der Waals surface area contributed by atoms with Gasteiger partial charge in [0.1, 0.15) is 5.25 Å². The topological polar surface area (TPSA) is 73.0 Å². The van der Waals surface area contributed by atoms with E-state index in [9.17, 15) is 4.79 Å². The number of nitrogens with zero attached hydrogens (tertiary/aromatic N) is 3. The standard InChI is InChI=1S/C20H20N4O2S/c1-2-12-24-18(16-9-6-13-26-16)22-23-20(24)27-17(14-7-4-3-5-8-14)19(25)21-15-10-11-15/h2-9,13,15,17H,1,10-12H2,(H,21,25). The number of thioether (sulfide) groups is 1. The number of carbonyl (C=O) groups excluding carboxylic acids is 1. The highest BCUT2D eigenvalue weighted by Crippen LogP contribution is 2.37.